The number of hydrogen-bond acceptors (Lipinski definition) is 8. The van der Waals surface area contributed by atoms with Crippen LogP contribution in [0.4, 0.5) is 4.39 Å². The molecule has 113 heavy (non-hydrogen) atoms. The first-order valence-corrected chi connectivity index (χ1v) is 38.0. The highest BCUT2D eigenvalue weighted by Crippen LogP contribution is 2.42. The van der Waals surface area contributed by atoms with Gasteiger partial charge in [0.2, 0.25) is 45.6 Å². The Labute approximate surface area is 654 Å². The molecule has 20 aromatic rings. The van der Waals surface area contributed by atoms with Gasteiger partial charge in [0, 0.05) is 114 Å². The maximum absolute atomic E-state index is 13.2. The summed E-state index contributed by atoms with van der Waals surface area (Å²) in [7, 11) is 8.29. The minimum Gasteiger partial charge on any atom is -0.437 e. The Morgan fingerprint density at radius 1 is 0.265 bits per heavy atom. The third-order valence-corrected chi connectivity index (χ3v) is 21.6. The van der Waals surface area contributed by atoms with E-state index in [9.17, 15) is 4.39 Å². The van der Waals surface area contributed by atoms with E-state index in [1.54, 1.807) is 36.9 Å². The minimum absolute atomic E-state index is 0.231. The van der Waals surface area contributed by atoms with Crippen molar-refractivity contribution in [1.29, 1.82) is 0 Å². The Bertz CT molecular complexity index is 6810. The SMILES string of the molecule is Cc1ccc(-c2ccc(-c3c(C)ccc4c3oc3ncccc34)[n+](C)c2)cc1.Cc1ccc2c(oc3ncccc32)c1-c1ccc(-c2ccc(C(C)C)cc2)c[n+]1C.Cc1ccc2c(oc3ncccc32)c1-c1ccc(-c2ccc(F)cc2)c[n+]1C.Cc1ccc2c(oc3ncccc32)c1-c1ccc(-c2ccccc2)c[n+]1C. The second-order valence-corrected chi connectivity index (χ2v) is 29.5. The highest BCUT2D eigenvalue weighted by molar-refractivity contribution is 6.12. The van der Waals surface area contributed by atoms with Gasteiger partial charge >= 0.3 is 0 Å². The summed E-state index contributed by atoms with van der Waals surface area (Å²) in [6, 6.07) is 84.8. The quantitative estimate of drug-likeness (QED) is 0.131. The highest BCUT2D eigenvalue weighted by atomic mass is 19.1. The molecule has 0 amide bonds. The van der Waals surface area contributed by atoms with Crippen LogP contribution in [0.1, 0.15) is 53.1 Å². The second-order valence-electron chi connectivity index (χ2n) is 29.5. The van der Waals surface area contributed by atoms with Gasteiger partial charge < -0.3 is 17.7 Å². The van der Waals surface area contributed by atoms with Crippen LogP contribution in [0, 0.1) is 40.4 Å². The van der Waals surface area contributed by atoms with Crippen LogP contribution in [0.3, 0.4) is 0 Å². The zero-order valence-electron chi connectivity index (χ0n) is 65.0. The molecule has 0 aliphatic heterocycles. The molecule has 12 heterocycles. The molecule has 12 nitrogen and oxygen atoms in total. The molecule has 0 spiro atoms. The predicted octanol–water partition coefficient (Wildman–Crippen LogP) is 23.4. The first-order chi connectivity index (χ1) is 55.0. The van der Waals surface area contributed by atoms with E-state index in [0.29, 0.717) is 28.8 Å². The smallest absolute Gasteiger partial charge is 0.227 e. The molecule has 0 bridgehead atoms. The van der Waals surface area contributed by atoms with Crippen molar-refractivity contribution in [2.75, 3.05) is 0 Å². The fourth-order valence-electron chi connectivity index (χ4n) is 15.6. The van der Waals surface area contributed by atoms with Gasteiger partial charge in [-0.25, -0.2) is 42.6 Å². The number of furan rings is 4. The van der Waals surface area contributed by atoms with Gasteiger partial charge in [-0.3, -0.25) is 0 Å². The molecule has 0 saturated carbocycles. The van der Waals surface area contributed by atoms with Crippen LogP contribution < -0.4 is 18.3 Å². The standard InChI is InChI=1S/C27H25N2O.C25H21N2O.C24H18FN2O.C24H19N2O/c1-17(2)19-8-10-20(11-9-19)21-12-14-24(29(4)16-21)25-18(3)7-13-22-23-6-5-15-28-27(23)30-26(22)25;1-16-6-9-18(10-7-16)19-11-13-22(27(3)15-19)23-17(2)8-12-20-21-5-4-14-26-25(21)28-24(20)23;1-15-5-11-19-20-4-3-13-26-24(20)28-23(19)22(15)21-12-8-17(14-27(21)2)16-6-9-18(25)10-7-16;1-16-10-12-19-20-9-6-14-25-24(20)27-23(19)22(16)21-13-11-18(15-26(21)2)17-7-4-3-5-8-17/h5-17H,1-4H3;4-15H,1-3H3;3-14H,1-2H3;3-15H,1-2H3/q4*+1. The molecule has 0 saturated heterocycles. The largest absolute Gasteiger partial charge is 0.437 e. The lowest BCUT2D eigenvalue weighted by molar-refractivity contribution is -0.660. The first-order valence-electron chi connectivity index (χ1n) is 38.0. The Hall–Kier alpha value is -13.9. The van der Waals surface area contributed by atoms with Crippen molar-refractivity contribution in [1.82, 2.24) is 19.9 Å². The van der Waals surface area contributed by atoms with E-state index in [2.05, 4.69) is 321 Å². The van der Waals surface area contributed by atoms with Crippen LogP contribution in [0.25, 0.3) is 178 Å². The fourth-order valence-corrected chi connectivity index (χ4v) is 15.6. The Balaban J connectivity index is 0.000000109. The molecule has 0 N–H and O–H groups in total. The van der Waals surface area contributed by atoms with Crippen molar-refractivity contribution in [2.45, 2.75) is 54.4 Å². The summed E-state index contributed by atoms with van der Waals surface area (Å²) in [4.78, 5) is 17.5. The average molecular weight is 1480 g/mol. The number of pyridine rings is 8. The number of benzene rings is 8. The molecule has 0 atom stereocenters. The van der Waals surface area contributed by atoms with Gasteiger partial charge in [-0.05, 0) is 176 Å². The number of aryl methyl sites for hydroxylation is 9. The fraction of sp³-hybridized carbons (Fsp3) is 0.120. The molecular weight excluding hydrogens is 1400 g/mol. The number of halogens is 1. The highest BCUT2D eigenvalue weighted by Gasteiger charge is 2.27. The van der Waals surface area contributed by atoms with E-state index in [4.69, 9.17) is 17.7 Å². The van der Waals surface area contributed by atoms with E-state index < -0.39 is 0 Å². The molecule has 0 aliphatic carbocycles. The van der Waals surface area contributed by atoms with Crippen LogP contribution in [0.5, 0.6) is 0 Å². The van der Waals surface area contributed by atoms with Crippen LogP contribution in [-0.2, 0) is 28.2 Å². The summed E-state index contributed by atoms with van der Waals surface area (Å²) in [5.74, 6) is 0.310. The molecule has 0 fully saturated rings. The third kappa shape index (κ3) is 13.8. The molecule has 20 rings (SSSR count). The summed E-state index contributed by atoms with van der Waals surface area (Å²) in [5, 5.41) is 8.55. The lowest BCUT2D eigenvalue weighted by Crippen LogP contribution is -2.31. The van der Waals surface area contributed by atoms with Gasteiger partial charge in [0.15, 0.2) is 47.1 Å². The van der Waals surface area contributed by atoms with Gasteiger partial charge in [-0.2, -0.15) is 0 Å². The van der Waals surface area contributed by atoms with E-state index in [1.807, 2.05) is 43.4 Å². The Morgan fingerprint density at radius 3 is 0.814 bits per heavy atom. The monoisotopic (exact) mass is 1480 g/mol. The van der Waals surface area contributed by atoms with E-state index in [-0.39, 0.29) is 5.82 Å². The van der Waals surface area contributed by atoms with Crippen LogP contribution >= 0.6 is 0 Å². The van der Waals surface area contributed by atoms with Crippen molar-refractivity contribution in [3.8, 4) is 89.5 Å². The lowest BCUT2D eigenvalue weighted by atomic mass is 9.98. The zero-order chi connectivity index (χ0) is 77.7. The molecule has 0 radical (unpaired) electrons. The normalized spacial score (nSPS) is 11.4. The molecule has 0 aliphatic rings. The Kier molecular flexibility index (Phi) is 19.2. The molecule has 13 heteroatoms. The summed E-state index contributed by atoms with van der Waals surface area (Å²) < 4.78 is 46.5. The number of nitrogens with zero attached hydrogens (tertiary/aromatic N) is 8. The number of fused-ring (bicyclic) bond motifs is 12. The molecule has 8 aromatic carbocycles. The number of hydrogen-bond donors (Lipinski definition) is 0. The van der Waals surface area contributed by atoms with Crippen molar-refractivity contribution in [2.24, 2.45) is 28.2 Å². The maximum atomic E-state index is 13.2. The third-order valence-electron chi connectivity index (χ3n) is 21.6. The van der Waals surface area contributed by atoms with E-state index >= 15 is 0 Å². The predicted molar refractivity (Wildman–Crippen MR) is 452 cm³/mol. The maximum Gasteiger partial charge on any atom is 0.227 e. The first kappa shape index (κ1) is 72.0. The van der Waals surface area contributed by atoms with Gasteiger partial charge in [0.25, 0.3) is 0 Å². The van der Waals surface area contributed by atoms with E-state index in [1.165, 1.54) is 73.3 Å². The summed E-state index contributed by atoms with van der Waals surface area (Å²) >= 11 is 0. The van der Waals surface area contributed by atoms with Gasteiger partial charge in [0.1, 0.15) is 34.0 Å². The summed E-state index contributed by atoms with van der Waals surface area (Å²) in [6.45, 7) is 15.0. The minimum atomic E-state index is -0.231. The second kappa shape index (κ2) is 30.2. The number of aromatic nitrogens is 8. The van der Waals surface area contributed by atoms with Gasteiger partial charge in [-0.15, -0.1) is 0 Å². The van der Waals surface area contributed by atoms with Crippen LogP contribution in [0.15, 0.2) is 316 Å². The molecular formula is C100H83FN8O4+4. The van der Waals surface area contributed by atoms with Crippen molar-refractivity contribution < 1.29 is 40.3 Å². The molecule has 0 unspecified atom stereocenters. The van der Waals surface area contributed by atoms with Crippen LogP contribution in [0.2, 0.25) is 0 Å². The van der Waals surface area contributed by atoms with Gasteiger partial charge in [-0.1, -0.05) is 159 Å². The zero-order valence-corrected chi connectivity index (χ0v) is 65.0. The summed E-state index contributed by atoms with van der Waals surface area (Å²) in [5.41, 5.74) is 31.6. The summed E-state index contributed by atoms with van der Waals surface area (Å²) in [6.07, 6.45) is 15.7. The average Bonchev–Trinajstić information content (AvgIpc) is 1.64. The molecule has 12 aromatic heterocycles. The van der Waals surface area contributed by atoms with E-state index in [0.717, 1.165) is 127 Å². The van der Waals surface area contributed by atoms with Crippen molar-refractivity contribution >= 4 is 88.3 Å². The molecule has 550 valence electrons. The van der Waals surface area contributed by atoms with Gasteiger partial charge in [0.05, 0.1) is 22.3 Å². The van der Waals surface area contributed by atoms with Crippen molar-refractivity contribution in [3.63, 3.8) is 0 Å². The number of rotatable bonds is 9. The Morgan fingerprint density at radius 2 is 0.531 bits per heavy atom. The topological polar surface area (TPSA) is 120 Å². The van der Waals surface area contributed by atoms with Crippen molar-refractivity contribution in [3.05, 3.63) is 337 Å². The lowest BCUT2D eigenvalue weighted by Gasteiger charge is -2.09. The van der Waals surface area contributed by atoms with Crippen LogP contribution in [-0.4, -0.2) is 19.9 Å².